The van der Waals surface area contributed by atoms with Gasteiger partial charge in [-0.15, -0.1) is 0 Å². The van der Waals surface area contributed by atoms with E-state index in [1.54, 1.807) is 7.11 Å². The van der Waals surface area contributed by atoms with E-state index in [0.29, 0.717) is 18.6 Å². The van der Waals surface area contributed by atoms with E-state index in [4.69, 9.17) is 15.2 Å². The minimum absolute atomic E-state index is 0.00378. The molecule has 1 amide bonds. The van der Waals surface area contributed by atoms with Gasteiger partial charge in [-0.3, -0.25) is 4.79 Å². The Hall–Kier alpha value is -1.59. The number of amides is 1. The molecule has 5 nitrogen and oxygen atoms in total. The van der Waals surface area contributed by atoms with Gasteiger partial charge in [0.2, 0.25) is 5.91 Å². The average molecular weight is 278 g/mol. The highest BCUT2D eigenvalue weighted by Gasteiger charge is 2.31. The van der Waals surface area contributed by atoms with Crippen molar-refractivity contribution in [2.24, 2.45) is 5.73 Å². The smallest absolute Gasteiger partial charge is 0.243 e. The van der Waals surface area contributed by atoms with Crippen LogP contribution in [0.4, 0.5) is 0 Å². The van der Waals surface area contributed by atoms with E-state index >= 15 is 0 Å². The van der Waals surface area contributed by atoms with Crippen LogP contribution >= 0.6 is 0 Å². The number of benzene rings is 1. The van der Waals surface area contributed by atoms with Crippen molar-refractivity contribution < 1.29 is 14.3 Å². The fraction of sp³-hybridized carbons (Fsp3) is 0.533. The fourth-order valence-corrected chi connectivity index (χ4v) is 2.55. The third-order valence-corrected chi connectivity index (χ3v) is 3.64. The number of nitrogens with two attached hydrogens (primary N) is 1. The Morgan fingerprint density at radius 3 is 2.85 bits per heavy atom. The Morgan fingerprint density at radius 1 is 1.40 bits per heavy atom. The number of primary amides is 1. The van der Waals surface area contributed by atoms with Gasteiger partial charge in [0.05, 0.1) is 13.7 Å². The van der Waals surface area contributed by atoms with Crippen molar-refractivity contribution in [2.45, 2.75) is 24.8 Å². The zero-order valence-corrected chi connectivity index (χ0v) is 11.8. The van der Waals surface area contributed by atoms with Gasteiger partial charge in [0, 0.05) is 12.6 Å². The Labute approximate surface area is 119 Å². The van der Waals surface area contributed by atoms with Crippen molar-refractivity contribution in [3.05, 3.63) is 29.8 Å². The molecule has 0 atom stereocenters. The first-order chi connectivity index (χ1) is 9.70. The van der Waals surface area contributed by atoms with E-state index in [1.165, 1.54) is 5.56 Å². The van der Waals surface area contributed by atoms with E-state index in [0.717, 1.165) is 25.1 Å². The van der Waals surface area contributed by atoms with Crippen LogP contribution in [-0.2, 0) is 9.53 Å². The van der Waals surface area contributed by atoms with Gasteiger partial charge in [-0.1, -0.05) is 18.2 Å². The number of ether oxygens (including phenoxy) is 2. The number of nitrogens with one attached hydrogen (secondary N) is 1. The van der Waals surface area contributed by atoms with Crippen LogP contribution in [0, 0.1) is 0 Å². The maximum atomic E-state index is 10.5. The van der Waals surface area contributed by atoms with Crippen LogP contribution in [0.1, 0.15) is 24.3 Å². The third-order valence-electron chi connectivity index (χ3n) is 3.64. The summed E-state index contributed by atoms with van der Waals surface area (Å²) in [5.41, 5.74) is 6.28. The van der Waals surface area contributed by atoms with Crippen LogP contribution < -0.4 is 15.8 Å². The standard InChI is InChI=1S/C15H22N2O3/c1-19-14-5-3-2-4-13(14)11-8-12(9-11)17-6-7-20-10-15(16)18/h2-5,11-12,17H,6-10H2,1H3,(H2,16,18). The molecule has 0 saturated heterocycles. The zero-order chi connectivity index (χ0) is 14.4. The zero-order valence-electron chi connectivity index (χ0n) is 11.8. The number of carbonyl (C=O) groups is 1. The summed E-state index contributed by atoms with van der Waals surface area (Å²) in [6.45, 7) is 1.26. The monoisotopic (exact) mass is 278 g/mol. The molecule has 110 valence electrons. The molecule has 1 fully saturated rings. The number of carbonyl (C=O) groups excluding carboxylic acids is 1. The van der Waals surface area contributed by atoms with Crippen molar-refractivity contribution in [3.8, 4) is 5.75 Å². The highest BCUT2D eigenvalue weighted by atomic mass is 16.5. The van der Waals surface area contributed by atoms with Gasteiger partial charge >= 0.3 is 0 Å². The van der Waals surface area contributed by atoms with Gasteiger partial charge in [0.1, 0.15) is 12.4 Å². The molecule has 2 rings (SSSR count). The molecule has 0 spiro atoms. The lowest BCUT2D eigenvalue weighted by Gasteiger charge is -2.37. The van der Waals surface area contributed by atoms with E-state index in [9.17, 15) is 4.79 Å². The van der Waals surface area contributed by atoms with Gasteiger partial charge in [0.15, 0.2) is 0 Å². The predicted molar refractivity (Wildman–Crippen MR) is 76.8 cm³/mol. The van der Waals surface area contributed by atoms with Crippen molar-refractivity contribution in [1.29, 1.82) is 0 Å². The number of hydrogen-bond acceptors (Lipinski definition) is 4. The molecule has 0 unspecified atom stereocenters. The van der Waals surface area contributed by atoms with E-state index in [2.05, 4.69) is 17.4 Å². The highest BCUT2D eigenvalue weighted by Crippen LogP contribution is 2.40. The molecule has 0 aliphatic heterocycles. The first kappa shape index (κ1) is 14.8. The molecular formula is C15H22N2O3. The minimum Gasteiger partial charge on any atom is -0.496 e. The second-order valence-electron chi connectivity index (χ2n) is 5.08. The summed E-state index contributed by atoms with van der Waals surface area (Å²) in [6, 6.07) is 8.70. The maximum Gasteiger partial charge on any atom is 0.243 e. The van der Waals surface area contributed by atoms with Crippen LogP contribution in [0.3, 0.4) is 0 Å². The molecule has 1 aliphatic carbocycles. The lowest BCUT2D eigenvalue weighted by Crippen LogP contribution is -2.41. The first-order valence-electron chi connectivity index (χ1n) is 6.93. The van der Waals surface area contributed by atoms with Crippen LogP contribution in [0.2, 0.25) is 0 Å². The molecule has 0 heterocycles. The number of rotatable bonds is 8. The Morgan fingerprint density at radius 2 is 2.15 bits per heavy atom. The van der Waals surface area contributed by atoms with Gasteiger partial charge in [-0.2, -0.15) is 0 Å². The molecule has 1 aromatic carbocycles. The molecule has 3 N–H and O–H groups in total. The third kappa shape index (κ3) is 3.95. The lowest BCUT2D eigenvalue weighted by molar-refractivity contribution is -0.122. The Kier molecular flexibility index (Phi) is 5.38. The minimum atomic E-state index is -0.426. The molecule has 20 heavy (non-hydrogen) atoms. The average Bonchev–Trinajstić information content (AvgIpc) is 2.40. The van der Waals surface area contributed by atoms with Crippen molar-refractivity contribution >= 4 is 5.91 Å². The van der Waals surface area contributed by atoms with E-state index in [-0.39, 0.29) is 6.61 Å². The number of methoxy groups -OCH3 is 1. The lowest BCUT2D eigenvalue weighted by atomic mass is 9.75. The summed E-state index contributed by atoms with van der Waals surface area (Å²) in [5, 5.41) is 3.41. The highest BCUT2D eigenvalue weighted by molar-refractivity contribution is 5.74. The second kappa shape index (κ2) is 7.26. The summed E-state index contributed by atoms with van der Waals surface area (Å²) >= 11 is 0. The summed E-state index contributed by atoms with van der Waals surface area (Å²) in [7, 11) is 1.71. The van der Waals surface area contributed by atoms with Gasteiger partial charge in [-0.05, 0) is 30.4 Å². The molecule has 0 bridgehead atoms. The quantitative estimate of drug-likeness (QED) is 0.697. The summed E-state index contributed by atoms with van der Waals surface area (Å²) < 4.78 is 10.5. The van der Waals surface area contributed by atoms with Gasteiger partial charge in [-0.25, -0.2) is 0 Å². The molecule has 5 heteroatoms. The van der Waals surface area contributed by atoms with Crippen LogP contribution in [-0.4, -0.2) is 38.8 Å². The van der Waals surface area contributed by atoms with Crippen molar-refractivity contribution in [1.82, 2.24) is 5.32 Å². The van der Waals surface area contributed by atoms with Gasteiger partial charge < -0.3 is 20.5 Å². The Balaban J connectivity index is 1.66. The van der Waals surface area contributed by atoms with Crippen molar-refractivity contribution in [3.63, 3.8) is 0 Å². The van der Waals surface area contributed by atoms with Crippen LogP contribution in [0.5, 0.6) is 5.75 Å². The van der Waals surface area contributed by atoms with Crippen LogP contribution in [0.15, 0.2) is 24.3 Å². The molecule has 0 aromatic heterocycles. The maximum absolute atomic E-state index is 10.5. The van der Waals surface area contributed by atoms with Gasteiger partial charge in [0.25, 0.3) is 0 Å². The molecular weight excluding hydrogens is 256 g/mol. The Bertz CT molecular complexity index is 444. The van der Waals surface area contributed by atoms with E-state index < -0.39 is 5.91 Å². The van der Waals surface area contributed by atoms with E-state index in [1.807, 2.05) is 12.1 Å². The summed E-state index contributed by atoms with van der Waals surface area (Å²) in [4.78, 5) is 10.5. The topological polar surface area (TPSA) is 73.6 Å². The fourth-order valence-electron chi connectivity index (χ4n) is 2.55. The normalized spacial score (nSPS) is 21.2. The predicted octanol–water partition coefficient (Wildman–Crippen LogP) is 1.03. The number of hydrogen-bond donors (Lipinski definition) is 2. The molecule has 1 saturated carbocycles. The molecule has 0 radical (unpaired) electrons. The SMILES string of the molecule is COc1ccccc1C1CC(NCCOCC(N)=O)C1. The molecule has 1 aliphatic rings. The molecule has 1 aromatic rings. The van der Waals surface area contributed by atoms with Crippen molar-refractivity contribution in [2.75, 3.05) is 26.9 Å². The summed E-state index contributed by atoms with van der Waals surface area (Å²) in [5.74, 6) is 1.11. The number of para-hydroxylation sites is 1. The summed E-state index contributed by atoms with van der Waals surface area (Å²) in [6.07, 6.45) is 2.21. The second-order valence-corrected chi connectivity index (χ2v) is 5.08. The van der Waals surface area contributed by atoms with Crippen LogP contribution in [0.25, 0.3) is 0 Å². The largest absolute Gasteiger partial charge is 0.496 e. The first-order valence-corrected chi connectivity index (χ1v) is 6.93.